The molecule has 1 aromatic carbocycles. The van der Waals surface area contributed by atoms with Gasteiger partial charge in [0.2, 0.25) is 0 Å². The van der Waals surface area contributed by atoms with Crippen LogP contribution in [-0.2, 0) is 0 Å². The highest BCUT2D eigenvalue weighted by atomic mass is 79.9. The van der Waals surface area contributed by atoms with Crippen LogP contribution in [0.1, 0.15) is 26.7 Å². The molecule has 1 saturated heterocycles. The first-order valence-corrected chi connectivity index (χ1v) is 7.88. The van der Waals surface area contributed by atoms with Crippen LogP contribution in [0.5, 0.6) is 0 Å². The molecule has 5 heteroatoms. The van der Waals surface area contributed by atoms with Crippen LogP contribution in [0.15, 0.2) is 16.6 Å². The molecule has 0 aromatic heterocycles. The van der Waals surface area contributed by atoms with E-state index >= 15 is 0 Å². The number of hydrogen-bond donors (Lipinski definition) is 1. The van der Waals surface area contributed by atoms with Crippen LogP contribution in [0.25, 0.3) is 0 Å². The van der Waals surface area contributed by atoms with E-state index in [1.165, 1.54) is 6.07 Å². The number of nitrogens with zero attached hydrogens (tertiary/aromatic N) is 1. The highest BCUT2D eigenvalue weighted by Gasteiger charge is 2.20. The summed E-state index contributed by atoms with van der Waals surface area (Å²) >= 11 is 3.09. The predicted octanol–water partition coefficient (Wildman–Crippen LogP) is 4.26. The van der Waals surface area contributed by atoms with E-state index in [0.717, 1.165) is 38.5 Å². The van der Waals surface area contributed by atoms with E-state index in [-0.39, 0.29) is 6.04 Å². The number of rotatable bonds is 4. The molecule has 0 spiro atoms. The molecule has 0 amide bonds. The van der Waals surface area contributed by atoms with Gasteiger partial charge in [0.15, 0.2) is 0 Å². The standard InChI is InChI=1S/C15H21BrF2N2/c1-10(2)9-20-5-3-11(4-6-20)19-15-7-12(16)13(17)8-14(15)18/h7-8,10-11,19H,3-6,9H2,1-2H3. The minimum Gasteiger partial charge on any atom is -0.380 e. The lowest BCUT2D eigenvalue weighted by atomic mass is 10.0. The Morgan fingerprint density at radius 2 is 1.90 bits per heavy atom. The van der Waals surface area contributed by atoms with E-state index in [1.807, 2.05) is 0 Å². The maximum Gasteiger partial charge on any atom is 0.149 e. The van der Waals surface area contributed by atoms with Crippen molar-refractivity contribution in [2.45, 2.75) is 32.7 Å². The maximum absolute atomic E-state index is 13.7. The Labute approximate surface area is 127 Å². The van der Waals surface area contributed by atoms with E-state index in [9.17, 15) is 8.78 Å². The van der Waals surface area contributed by atoms with Gasteiger partial charge < -0.3 is 10.2 Å². The summed E-state index contributed by atoms with van der Waals surface area (Å²) in [7, 11) is 0. The molecule has 0 bridgehead atoms. The number of likely N-dealkylation sites (tertiary alicyclic amines) is 1. The molecule has 2 nitrogen and oxygen atoms in total. The number of hydrogen-bond acceptors (Lipinski definition) is 2. The second-order valence-corrected chi connectivity index (χ2v) is 6.71. The maximum atomic E-state index is 13.7. The van der Waals surface area contributed by atoms with E-state index < -0.39 is 11.6 Å². The van der Waals surface area contributed by atoms with Crippen molar-refractivity contribution in [3.8, 4) is 0 Å². The predicted molar refractivity (Wildman–Crippen MR) is 82.0 cm³/mol. The van der Waals surface area contributed by atoms with Gasteiger partial charge in [0.1, 0.15) is 11.6 Å². The molecule has 1 N–H and O–H groups in total. The van der Waals surface area contributed by atoms with Gasteiger partial charge in [-0.15, -0.1) is 0 Å². The monoisotopic (exact) mass is 346 g/mol. The Hall–Kier alpha value is -0.680. The molecule has 1 heterocycles. The van der Waals surface area contributed by atoms with Gasteiger partial charge in [0, 0.05) is 31.7 Å². The molecule has 112 valence electrons. The lowest BCUT2D eigenvalue weighted by Crippen LogP contribution is -2.40. The van der Waals surface area contributed by atoms with Crippen LogP contribution in [-0.4, -0.2) is 30.6 Å². The molecule has 20 heavy (non-hydrogen) atoms. The van der Waals surface area contributed by atoms with Gasteiger partial charge in [-0.3, -0.25) is 0 Å². The van der Waals surface area contributed by atoms with Crippen LogP contribution in [0.3, 0.4) is 0 Å². The third-order valence-corrected chi connectivity index (χ3v) is 4.19. The van der Waals surface area contributed by atoms with E-state index in [0.29, 0.717) is 16.1 Å². The lowest BCUT2D eigenvalue weighted by Gasteiger charge is -2.33. The third-order valence-electron chi connectivity index (χ3n) is 3.58. The Balaban J connectivity index is 1.91. The van der Waals surface area contributed by atoms with Crippen LogP contribution >= 0.6 is 15.9 Å². The van der Waals surface area contributed by atoms with E-state index in [4.69, 9.17) is 0 Å². The van der Waals surface area contributed by atoms with Gasteiger partial charge in [0.25, 0.3) is 0 Å². The molecule has 0 radical (unpaired) electrons. The van der Waals surface area contributed by atoms with Crippen LogP contribution < -0.4 is 5.32 Å². The number of piperidine rings is 1. The fraction of sp³-hybridized carbons (Fsp3) is 0.600. The zero-order chi connectivity index (χ0) is 14.7. The molecular formula is C15H21BrF2N2. The fourth-order valence-corrected chi connectivity index (χ4v) is 2.97. The average Bonchev–Trinajstić information content (AvgIpc) is 2.37. The van der Waals surface area contributed by atoms with Gasteiger partial charge in [0.05, 0.1) is 10.2 Å². The smallest absolute Gasteiger partial charge is 0.149 e. The number of nitrogens with one attached hydrogen (secondary N) is 1. The molecular weight excluding hydrogens is 326 g/mol. The zero-order valence-electron chi connectivity index (χ0n) is 11.9. The average molecular weight is 347 g/mol. The third kappa shape index (κ3) is 4.16. The summed E-state index contributed by atoms with van der Waals surface area (Å²) in [5, 5.41) is 3.19. The minimum absolute atomic E-state index is 0.255. The molecule has 0 atom stereocenters. The molecule has 1 fully saturated rings. The van der Waals surface area contributed by atoms with Crippen molar-refractivity contribution in [2.24, 2.45) is 5.92 Å². The summed E-state index contributed by atoms with van der Waals surface area (Å²) in [6.45, 7) is 7.61. The molecule has 1 aliphatic rings. The van der Waals surface area contributed by atoms with Gasteiger partial charge in [-0.2, -0.15) is 0 Å². The van der Waals surface area contributed by atoms with Crippen LogP contribution in [0.2, 0.25) is 0 Å². The largest absolute Gasteiger partial charge is 0.380 e. The number of benzene rings is 1. The highest BCUT2D eigenvalue weighted by Crippen LogP contribution is 2.26. The molecule has 2 rings (SSSR count). The number of halogens is 3. The first kappa shape index (κ1) is 15.7. The van der Waals surface area contributed by atoms with Crippen molar-refractivity contribution in [2.75, 3.05) is 25.0 Å². The van der Waals surface area contributed by atoms with E-state index in [2.05, 4.69) is 40.0 Å². The normalized spacial score (nSPS) is 17.7. The Morgan fingerprint density at radius 3 is 2.50 bits per heavy atom. The summed E-state index contributed by atoms with van der Waals surface area (Å²) < 4.78 is 27.2. The minimum atomic E-state index is -0.570. The van der Waals surface area contributed by atoms with Crippen molar-refractivity contribution in [3.05, 3.63) is 28.2 Å². The summed E-state index contributed by atoms with van der Waals surface area (Å²) in [4.78, 5) is 2.44. The molecule has 0 saturated carbocycles. The summed E-state index contributed by atoms with van der Waals surface area (Å²) in [6.07, 6.45) is 1.97. The highest BCUT2D eigenvalue weighted by molar-refractivity contribution is 9.10. The second kappa shape index (κ2) is 6.85. The van der Waals surface area contributed by atoms with Gasteiger partial charge in [-0.25, -0.2) is 8.78 Å². The number of anilines is 1. The van der Waals surface area contributed by atoms with Crippen molar-refractivity contribution < 1.29 is 8.78 Å². The summed E-state index contributed by atoms with van der Waals surface area (Å²) in [5.74, 6) is -0.430. The topological polar surface area (TPSA) is 15.3 Å². The first-order valence-electron chi connectivity index (χ1n) is 7.09. The second-order valence-electron chi connectivity index (χ2n) is 5.86. The summed E-state index contributed by atoms with van der Waals surface area (Å²) in [5.41, 5.74) is 0.376. The molecule has 1 aliphatic heterocycles. The van der Waals surface area contributed by atoms with Crippen molar-refractivity contribution in [1.82, 2.24) is 4.90 Å². The summed E-state index contributed by atoms with van der Waals surface area (Å²) in [6, 6.07) is 2.65. The van der Waals surface area contributed by atoms with Crippen molar-refractivity contribution in [1.29, 1.82) is 0 Å². The van der Waals surface area contributed by atoms with Crippen LogP contribution in [0, 0.1) is 17.6 Å². The van der Waals surface area contributed by atoms with Gasteiger partial charge in [-0.05, 0) is 40.8 Å². The first-order chi connectivity index (χ1) is 9.45. The quantitative estimate of drug-likeness (QED) is 0.819. The van der Waals surface area contributed by atoms with E-state index in [1.54, 1.807) is 0 Å². The Kier molecular flexibility index (Phi) is 5.38. The zero-order valence-corrected chi connectivity index (χ0v) is 13.5. The Bertz CT molecular complexity index is 457. The Morgan fingerprint density at radius 1 is 1.25 bits per heavy atom. The van der Waals surface area contributed by atoms with Gasteiger partial charge in [-0.1, -0.05) is 13.8 Å². The molecule has 0 aliphatic carbocycles. The fourth-order valence-electron chi connectivity index (χ4n) is 2.63. The van der Waals surface area contributed by atoms with Gasteiger partial charge >= 0.3 is 0 Å². The lowest BCUT2D eigenvalue weighted by molar-refractivity contribution is 0.198. The van der Waals surface area contributed by atoms with Crippen LogP contribution in [0.4, 0.5) is 14.5 Å². The molecule has 1 aromatic rings. The van der Waals surface area contributed by atoms with Crippen molar-refractivity contribution >= 4 is 21.6 Å². The molecule has 0 unspecified atom stereocenters. The van der Waals surface area contributed by atoms with Crippen molar-refractivity contribution in [3.63, 3.8) is 0 Å². The SMILES string of the molecule is CC(C)CN1CCC(Nc2cc(Br)c(F)cc2F)CC1.